The molecule has 3 nitrogen and oxygen atoms in total. The Hall–Kier alpha value is -1.81. The van der Waals surface area contributed by atoms with Gasteiger partial charge in [0.05, 0.1) is 12.7 Å². The molecule has 0 aliphatic heterocycles. The van der Waals surface area contributed by atoms with Crippen molar-refractivity contribution in [1.29, 1.82) is 0 Å². The van der Waals surface area contributed by atoms with Crippen molar-refractivity contribution >= 4 is 17.7 Å². The lowest BCUT2D eigenvalue weighted by Gasteiger charge is -2.39. The van der Waals surface area contributed by atoms with Crippen LogP contribution in [0.15, 0.2) is 54.1 Å². The average molecular weight is 414 g/mol. The number of halogens is 1. The van der Waals surface area contributed by atoms with E-state index in [9.17, 15) is 5.11 Å². The van der Waals surface area contributed by atoms with E-state index >= 15 is 0 Å². The molecule has 0 radical (unpaired) electrons. The lowest BCUT2D eigenvalue weighted by molar-refractivity contribution is 0.00517. The standard InChI is InChI=1S/C25H32ClNO2/c1-27(2)18-22-9-5-4-8-21(15-19-11-13-24(29-3)14-12-19)25(22,28)17-20-7-6-10-23(26)16-20/h6-7,10-16,22,28H,4-5,8-9,17-18H2,1-3H3. The van der Waals surface area contributed by atoms with Crippen LogP contribution in [0.4, 0.5) is 0 Å². The van der Waals surface area contributed by atoms with Gasteiger partial charge < -0.3 is 14.7 Å². The molecule has 0 heterocycles. The largest absolute Gasteiger partial charge is 0.497 e. The molecule has 1 saturated carbocycles. The highest BCUT2D eigenvalue weighted by molar-refractivity contribution is 6.30. The first kappa shape index (κ1) is 21.9. The summed E-state index contributed by atoms with van der Waals surface area (Å²) in [5.41, 5.74) is 2.39. The molecule has 1 fully saturated rings. The summed E-state index contributed by atoms with van der Waals surface area (Å²) in [6.45, 7) is 0.858. The van der Waals surface area contributed by atoms with Gasteiger partial charge in [-0.25, -0.2) is 0 Å². The second-order valence-corrected chi connectivity index (χ2v) is 8.82. The van der Waals surface area contributed by atoms with Gasteiger partial charge in [-0.05, 0) is 74.3 Å². The molecule has 2 atom stereocenters. The van der Waals surface area contributed by atoms with Gasteiger partial charge in [0.1, 0.15) is 5.75 Å². The summed E-state index contributed by atoms with van der Waals surface area (Å²) >= 11 is 6.24. The fourth-order valence-corrected chi connectivity index (χ4v) is 4.63. The second-order valence-electron chi connectivity index (χ2n) is 8.38. The minimum atomic E-state index is -0.897. The zero-order chi connectivity index (χ0) is 20.9. The summed E-state index contributed by atoms with van der Waals surface area (Å²) in [6, 6.07) is 15.9. The number of benzene rings is 2. The fourth-order valence-electron chi connectivity index (χ4n) is 4.42. The Morgan fingerprint density at radius 2 is 1.93 bits per heavy atom. The molecule has 2 unspecified atom stereocenters. The highest BCUT2D eigenvalue weighted by Gasteiger charge is 2.41. The molecule has 2 aromatic carbocycles. The molecule has 156 valence electrons. The zero-order valence-corrected chi connectivity index (χ0v) is 18.5. The first-order chi connectivity index (χ1) is 13.9. The third-order valence-electron chi connectivity index (χ3n) is 5.89. The number of hydrogen-bond acceptors (Lipinski definition) is 3. The quantitative estimate of drug-likeness (QED) is 0.638. The van der Waals surface area contributed by atoms with Gasteiger partial charge in [0.2, 0.25) is 0 Å². The summed E-state index contributed by atoms with van der Waals surface area (Å²) in [7, 11) is 5.84. The summed E-state index contributed by atoms with van der Waals surface area (Å²) in [5, 5.41) is 12.9. The Balaban J connectivity index is 2.02. The van der Waals surface area contributed by atoms with Gasteiger partial charge in [0.25, 0.3) is 0 Å². The highest BCUT2D eigenvalue weighted by atomic mass is 35.5. The van der Waals surface area contributed by atoms with Crippen molar-refractivity contribution in [3.8, 4) is 5.75 Å². The molecule has 4 heteroatoms. The molecular formula is C25H32ClNO2. The van der Waals surface area contributed by atoms with Crippen molar-refractivity contribution in [2.45, 2.75) is 37.7 Å². The molecule has 1 aliphatic carbocycles. The van der Waals surface area contributed by atoms with E-state index in [1.165, 1.54) is 0 Å². The van der Waals surface area contributed by atoms with Crippen molar-refractivity contribution < 1.29 is 9.84 Å². The lowest BCUT2D eigenvalue weighted by atomic mass is 9.75. The van der Waals surface area contributed by atoms with Crippen molar-refractivity contribution in [2.24, 2.45) is 5.92 Å². The van der Waals surface area contributed by atoms with Gasteiger partial charge in [0, 0.05) is 23.9 Å². The number of methoxy groups -OCH3 is 1. The van der Waals surface area contributed by atoms with E-state index in [1.807, 2.05) is 30.3 Å². The summed E-state index contributed by atoms with van der Waals surface area (Å²) in [4.78, 5) is 2.18. The normalized spacial score (nSPS) is 23.9. The van der Waals surface area contributed by atoms with Crippen LogP contribution in [0.2, 0.25) is 5.02 Å². The van der Waals surface area contributed by atoms with Crippen molar-refractivity contribution in [1.82, 2.24) is 4.90 Å². The Kier molecular flexibility index (Phi) is 7.39. The Morgan fingerprint density at radius 3 is 2.59 bits per heavy atom. The molecule has 0 aromatic heterocycles. The number of aliphatic hydroxyl groups is 1. The Morgan fingerprint density at radius 1 is 1.17 bits per heavy atom. The minimum Gasteiger partial charge on any atom is -0.497 e. The van der Waals surface area contributed by atoms with Gasteiger partial charge in [-0.2, -0.15) is 0 Å². The molecule has 0 bridgehead atoms. The SMILES string of the molecule is COc1ccc(C=C2CCCCC(CN(C)C)C2(O)Cc2cccc(Cl)c2)cc1. The predicted molar refractivity (Wildman–Crippen MR) is 122 cm³/mol. The average Bonchev–Trinajstić information content (AvgIpc) is 2.82. The molecule has 1 aliphatic rings. The van der Waals surface area contributed by atoms with Crippen LogP contribution in [-0.4, -0.2) is 43.4 Å². The molecule has 0 spiro atoms. The highest BCUT2D eigenvalue weighted by Crippen LogP contribution is 2.40. The maximum absolute atomic E-state index is 12.2. The number of nitrogens with zero attached hydrogens (tertiary/aromatic N) is 1. The van der Waals surface area contributed by atoms with E-state index in [4.69, 9.17) is 16.3 Å². The van der Waals surface area contributed by atoms with E-state index in [2.05, 4.69) is 43.3 Å². The number of hydrogen-bond donors (Lipinski definition) is 1. The van der Waals surface area contributed by atoms with Gasteiger partial charge in [-0.1, -0.05) is 48.4 Å². The van der Waals surface area contributed by atoms with E-state index in [0.717, 1.165) is 54.7 Å². The summed E-state index contributed by atoms with van der Waals surface area (Å²) < 4.78 is 5.28. The molecule has 0 amide bonds. The summed E-state index contributed by atoms with van der Waals surface area (Å²) in [6.07, 6.45) is 6.92. The predicted octanol–water partition coefficient (Wildman–Crippen LogP) is 5.46. The van der Waals surface area contributed by atoms with Crippen LogP contribution in [0, 0.1) is 5.92 Å². The van der Waals surface area contributed by atoms with Crippen LogP contribution in [0.3, 0.4) is 0 Å². The fraction of sp³-hybridized carbons (Fsp3) is 0.440. The van der Waals surface area contributed by atoms with Gasteiger partial charge in [-0.3, -0.25) is 0 Å². The topological polar surface area (TPSA) is 32.7 Å². The molecule has 29 heavy (non-hydrogen) atoms. The Bertz CT molecular complexity index is 831. The van der Waals surface area contributed by atoms with E-state index in [1.54, 1.807) is 7.11 Å². The van der Waals surface area contributed by atoms with Gasteiger partial charge >= 0.3 is 0 Å². The smallest absolute Gasteiger partial charge is 0.118 e. The molecule has 2 aromatic rings. The van der Waals surface area contributed by atoms with Crippen molar-refractivity contribution in [3.63, 3.8) is 0 Å². The van der Waals surface area contributed by atoms with Crippen molar-refractivity contribution in [3.05, 3.63) is 70.3 Å². The Labute approximate surface area is 180 Å². The van der Waals surface area contributed by atoms with Crippen LogP contribution in [-0.2, 0) is 6.42 Å². The summed E-state index contributed by atoms with van der Waals surface area (Å²) in [5.74, 6) is 1.01. The molecular weight excluding hydrogens is 382 g/mol. The molecule has 1 N–H and O–H groups in total. The van der Waals surface area contributed by atoms with Crippen LogP contribution >= 0.6 is 11.6 Å². The maximum atomic E-state index is 12.2. The van der Waals surface area contributed by atoms with E-state index < -0.39 is 5.60 Å². The first-order valence-corrected chi connectivity index (χ1v) is 10.7. The van der Waals surface area contributed by atoms with Gasteiger partial charge in [-0.15, -0.1) is 0 Å². The van der Waals surface area contributed by atoms with E-state index in [-0.39, 0.29) is 5.92 Å². The second kappa shape index (κ2) is 9.80. The third-order valence-corrected chi connectivity index (χ3v) is 6.12. The molecule has 3 rings (SSSR count). The van der Waals surface area contributed by atoms with Crippen LogP contribution in [0.5, 0.6) is 5.75 Å². The maximum Gasteiger partial charge on any atom is 0.118 e. The zero-order valence-electron chi connectivity index (χ0n) is 17.7. The monoisotopic (exact) mass is 413 g/mol. The number of ether oxygens (including phenoxy) is 1. The minimum absolute atomic E-state index is 0.170. The first-order valence-electron chi connectivity index (χ1n) is 10.4. The van der Waals surface area contributed by atoms with E-state index in [0.29, 0.717) is 11.4 Å². The third kappa shape index (κ3) is 5.63. The van der Waals surface area contributed by atoms with Gasteiger partial charge in [0.15, 0.2) is 0 Å². The van der Waals surface area contributed by atoms with Crippen LogP contribution in [0.25, 0.3) is 6.08 Å². The van der Waals surface area contributed by atoms with Crippen molar-refractivity contribution in [2.75, 3.05) is 27.7 Å². The molecule has 0 saturated heterocycles. The van der Waals surface area contributed by atoms with Crippen LogP contribution in [0.1, 0.15) is 36.8 Å². The lowest BCUT2D eigenvalue weighted by Crippen LogP contribution is -2.45. The van der Waals surface area contributed by atoms with Crippen LogP contribution < -0.4 is 4.74 Å². The number of rotatable bonds is 6.